The zero-order valence-corrected chi connectivity index (χ0v) is 17.8. The summed E-state index contributed by atoms with van der Waals surface area (Å²) in [7, 11) is 4.65. The number of rotatable bonds is 7. The van der Waals surface area contributed by atoms with Gasteiger partial charge in [0, 0.05) is 39.5 Å². The number of aromatic nitrogens is 1. The van der Waals surface area contributed by atoms with E-state index in [4.69, 9.17) is 18.9 Å². The minimum atomic E-state index is -0.454. The summed E-state index contributed by atoms with van der Waals surface area (Å²) >= 11 is 0. The molecule has 1 amide bonds. The van der Waals surface area contributed by atoms with E-state index in [2.05, 4.69) is 9.88 Å². The lowest BCUT2D eigenvalue weighted by Gasteiger charge is -2.37. The Morgan fingerprint density at radius 1 is 1.03 bits per heavy atom. The van der Waals surface area contributed by atoms with Gasteiger partial charge in [0.15, 0.2) is 0 Å². The molecule has 9 heteroatoms. The number of anilines is 1. The molecule has 2 aromatic rings. The lowest BCUT2D eigenvalue weighted by Crippen LogP contribution is -2.50. The molecule has 0 spiro atoms. The number of esters is 1. The van der Waals surface area contributed by atoms with Crippen molar-refractivity contribution in [1.29, 1.82) is 0 Å². The van der Waals surface area contributed by atoms with Crippen LogP contribution in [0.3, 0.4) is 0 Å². The van der Waals surface area contributed by atoms with Crippen LogP contribution in [-0.2, 0) is 14.3 Å². The van der Waals surface area contributed by atoms with Crippen molar-refractivity contribution < 1.29 is 28.5 Å². The predicted octanol–water partition coefficient (Wildman–Crippen LogP) is 1.72. The quantitative estimate of drug-likeness (QED) is 0.629. The van der Waals surface area contributed by atoms with Gasteiger partial charge in [0.25, 0.3) is 0 Å². The van der Waals surface area contributed by atoms with Crippen LogP contribution in [-0.4, -0.2) is 82.5 Å². The lowest BCUT2D eigenvalue weighted by molar-refractivity contribution is -0.135. The third-order valence-electron chi connectivity index (χ3n) is 5.07. The van der Waals surface area contributed by atoms with Crippen molar-refractivity contribution in [2.45, 2.75) is 6.92 Å². The van der Waals surface area contributed by atoms with Gasteiger partial charge in [0.2, 0.25) is 5.91 Å². The highest BCUT2D eigenvalue weighted by atomic mass is 16.5. The highest BCUT2D eigenvalue weighted by Crippen LogP contribution is 2.40. The molecule has 30 heavy (non-hydrogen) atoms. The van der Waals surface area contributed by atoms with E-state index in [-0.39, 0.29) is 19.1 Å². The molecule has 1 fully saturated rings. The van der Waals surface area contributed by atoms with Gasteiger partial charge in [-0.25, -0.2) is 4.79 Å². The van der Waals surface area contributed by atoms with E-state index in [1.807, 2.05) is 0 Å². The second kappa shape index (κ2) is 9.62. The van der Waals surface area contributed by atoms with Crippen LogP contribution < -0.4 is 14.4 Å². The molecule has 1 aliphatic heterocycles. The number of nitrogens with zero attached hydrogens (tertiary/aromatic N) is 3. The van der Waals surface area contributed by atoms with Crippen molar-refractivity contribution in [2.75, 3.05) is 65.6 Å². The molecule has 1 aromatic carbocycles. The Labute approximate surface area is 175 Å². The van der Waals surface area contributed by atoms with E-state index in [9.17, 15) is 9.59 Å². The number of carbonyl (C=O) groups excluding carboxylic acids is 2. The minimum Gasteiger partial charge on any atom is -0.496 e. The molecule has 0 saturated carbocycles. The molecule has 0 unspecified atom stereocenters. The fourth-order valence-corrected chi connectivity index (χ4v) is 3.65. The molecule has 1 aromatic heterocycles. The van der Waals surface area contributed by atoms with E-state index in [0.717, 1.165) is 0 Å². The van der Waals surface area contributed by atoms with Crippen LogP contribution in [0.25, 0.3) is 10.9 Å². The van der Waals surface area contributed by atoms with E-state index < -0.39 is 5.97 Å². The fourth-order valence-electron chi connectivity index (χ4n) is 3.65. The first-order valence-electron chi connectivity index (χ1n) is 9.78. The molecule has 2 heterocycles. The van der Waals surface area contributed by atoms with Gasteiger partial charge in [-0.1, -0.05) is 0 Å². The summed E-state index contributed by atoms with van der Waals surface area (Å²) in [6, 6.07) is 3.57. The lowest BCUT2D eigenvalue weighted by atomic mass is 10.1. The summed E-state index contributed by atoms with van der Waals surface area (Å²) < 4.78 is 21.3. The van der Waals surface area contributed by atoms with E-state index in [0.29, 0.717) is 59.8 Å². The molecule has 0 aliphatic carbocycles. The maximum absolute atomic E-state index is 12.7. The zero-order valence-electron chi connectivity index (χ0n) is 17.8. The Kier molecular flexibility index (Phi) is 6.94. The standard InChI is InChI=1S/C21H27N3O6/c1-5-30-21(26)14-12-22-19-16(29-4)7-6-15(28-3)18(19)20(14)24-10-8-23(9-11-24)17(25)13-27-2/h6-7,12H,5,8-11,13H2,1-4H3. The van der Waals surface area contributed by atoms with E-state index in [1.165, 1.54) is 13.3 Å². The first-order chi connectivity index (χ1) is 14.5. The Hall–Kier alpha value is -3.07. The van der Waals surface area contributed by atoms with Gasteiger partial charge >= 0.3 is 5.97 Å². The van der Waals surface area contributed by atoms with E-state index in [1.54, 1.807) is 38.2 Å². The second-order valence-electron chi connectivity index (χ2n) is 6.74. The Bertz CT molecular complexity index is 925. The number of hydrogen-bond donors (Lipinski definition) is 0. The number of piperazine rings is 1. The largest absolute Gasteiger partial charge is 0.496 e. The number of amides is 1. The average molecular weight is 417 g/mol. The summed E-state index contributed by atoms with van der Waals surface area (Å²) in [6.45, 7) is 4.18. The maximum Gasteiger partial charge on any atom is 0.341 e. The highest BCUT2D eigenvalue weighted by Gasteiger charge is 2.28. The number of ether oxygens (including phenoxy) is 4. The van der Waals surface area contributed by atoms with Gasteiger partial charge in [0.1, 0.15) is 29.2 Å². The molecule has 0 N–H and O–H groups in total. The van der Waals surface area contributed by atoms with Crippen molar-refractivity contribution in [1.82, 2.24) is 9.88 Å². The molecule has 1 saturated heterocycles. The fraction of sp³-hybridized carbons (Fsp3) is 0.476. The van der Waals surface area contributed by atoms with Crippen LogP contribution >= 0.6 is 0 Å². The van der Waals surface area contributed by atoms with Crippen molar-refractivity contribution in [3.8, 4) is 11.5 Å². The molecule has 162 valence electrons. The number of fused-ring (bicyclic) bond motifs is 1. The highest BCUT2D eigenvalue weighted by molar-refractivity contribution is 6.09. The van der Waals surface area contributed by atoms with Gasteiger partial charge in [-0.3, -0.25) is 9.78 Å². The number of benzene rings is 1. The topological polar surface area (TPSA) is 90.4 Å². The number of carbonyl (C=O) groups is 2. The molecule has 0 atom stereocenters. The van der Waals surface area contributed by atoms with Crippen molar-refractivity contribution in [3.05, 3.63) is 23.9 Å². The third kappa shape index (κ3) is 4.11. The van der Waals surface area contributed by atoms with Crippen LogP contribution in [0.1, 0.15) is 17.3 Å². The first kappa shape index (κ1) is 21.6. The van der Waals surface area contributed by atoms with Crippen molar-refractivity contribution in [3.63, 3.8) is 0 Å². The number of methoxy groups -OCH3 is 3. The summed E-state index contributed by atoms with van der Waals surface area (Å²) in [5.41, 5.74) is 1.62. The van der Waals surface area contributed by atoms with Gasteiger partial charge < -0.3 is 28.7 Å². The first-order valence-corrected chi connectivity index (χ1v) is 9.78. The van der Waals surface area contributed by atoms with Crippen molar-refractivity contribution in [2.24, 2.45) is 0 Å². The van der Waals surface area contributed by atoms with Crippen LogP contribution in [0.2, 0.25) is 0 Å². The molecule has 1 aliphatic rings. The smallest absolute Gasteiger partial charge is 0.341 e. The molecule has 0 bridgehead atoms. The molecular formula is C21H27N3O6. The minimum absolute atomic E-state index is 0.0529. The van der Waals surface area contributed by atoms with Gasteiger partial charge in [0.05, 0.1) is 31.9 Å². The zero-order chi connectivity index (χ0) is 21.7. The van der Waals surface area contributed by atoms with Gasteiger partial charge in [-0.05, 0) is 19.1 Å². The van der Waals surface area contributed by atoms with Gasteiger partial charge in [-0.2, -0.15) is 0 Å². The molecular weight excluding hydrogens is 390 g/mol. The van der Waals surface area contributed by atoms with Crippen LogP contribution in [0, 0.1) is 0 Å². The molecule has 3 rings (SSSR count). The number of pyridine rings is 1. The summed E-state index contributed by atoms with van der Waals surface area (Å²) in [4.78, 5) is 33.2. The summed E-state index contributed by atoms with van der Waals surface area (Å²) in [6.07, 6.45) is 1.51. The van der Waals surface area contributed by atoms with E-state index >= 15 is 0 Å². The van der Waals surface area contributed by atoms with Gasteiger partial charge in [-0.15, -0.1) is 0 Å². The Morgan fingerprint density at radius 3 is 2.30 bits per heavy atom. The van der Waals surface area contributed by atoms with Crippen LogP contribution in [0.4, 0.5) is 5.69 Å². The normalized spacial score (nSPS) is 14.0. The molecule has 9 nitrogen and oxygen atoms in total. The number of hydrogen-bond acceptors (Lipinski definition) is 8. The second-order valence-corrected chi connectivity index (χ2v) is 6.74. The predicted molar refractivity (Wildman–Crippen MR) is 111 cm³/mol. The third-order valence-corrected chi connectivity index (χ3v) is 5.07. The Morgan fingerprint density at radius 2 is 1.70 bits per heavy atom. The monoisotopic (exact) mass is 417 g/mol. The maximum atomic E-state index is 12.7. The van der Waals surface area contributed by atoms with Crippen molar-refractivity contribution >= 4 is 28.5 Å². The summed E-state index contributed by atoms with van der Waals surface area (Å²) in [5.74, 6) is 0.653. The SMILES string of the molecule is CCOC(=O)c1cnc2c(OC)ccc(OC)c2c1N1CCN(C(=O)COC)CC1. The molecule has 0 radical (unpaired) electrons. The Balaban J connectivity index is 2.09. The van der Waals surface area contributed by atoms with Crippen LogP contribution in [0.5, 0.6) is 11.5 Å². The average Bonchev–Trinajstić information content (AvgIpc) is 2.77. The summed E-state index contributed by atoms with van der Waals surface area (Å²) in [5, 5.41) is 0.680. The van der Waals surface area contributed by atoms with Crippen LogP contribution in [0.15, 0.2) is 18.3 Å².